The van der Waals surface area contributed by atoms with E-state index in [-0.39, 0.29) is 5.91 Å². The molecule has 0 saturated carbocycles. The summed E-state index contributed by atoms with van der Waals surface area (Å²) in [5.41, 5.74) is 8.18. The van der Waals surface area contributed by atoms with Gasteiger partial charge in [0.1, 0.15) is 0 Å². The second kappa shape index (κ2) is 10.2. The smallest absolute Gasteiger partial charge is 0.269 e. The van der Waals surface area contributed by atoms with Crippen LogP contribution in [0.15, 0.2) is 18.2 Å². The van der Waals surface area contributed by atoms with Crippen LogP contribution in [0.25, 0.3) is 0 Å². The second-order valence-electron chi connectivity index (χ2n) is 6.02. The molecule has 0 bridgehead atoms. The monoisotopic (exact) mass is 335 g/mol. The number of benzene rings is 1. The van der Waals surface area contributed by atoms with Crippen LogP contribution in [0.2, 0.25) is 0 Å². The van der Waals surface area contributed by atoms with Gasteiger partial charge in [-0.1, -0.05) is 50.8 Å². The van der Waals surface area contributed by atoms with E-state index in [1.165, 1.54) is 19.3 Å². The number of rotatable bonds is 7. The summed E-state index contributed by atoms with van der Waals surface area (Å²) in [6.07, 6.45) is 4.79. The summed E-state index contributed by atoms with van der Waals surface area (Å²) in [5.74, 6) is 0.439. The molecule has 1 aromatic carbocycles. The van der Waals surface area contributed by atoms with Crippen LogP contribution in [-0.4, -0.2) is 17.6 Å². The summed E-state index contributed by atoms with van der Waals surface area (Å²) in [4.78, 5) is 12.2. The Morgan fingerprint density at radius 3 is 2.57 bits per heavy atom. The van der Waals surface area contributed by atoms with Crippen LogP contribution in [0.5, 0.6) is 0 Å². The summed E-state index contributed by atoms with van der Waals surface area (Å²) in [5, 5.41) is 3.64. The Morgan fingerprint density at radius 2 is 1.96 bits per heavy atom. The van der Waals surface area contributed by atoms with E-state index in [1.807, 2.05) is 32.0 Å². The molecule has 1 amide bonds. The molecule has 4 nitrogen and oxygen atoms in total. The fourth-order valence-corrected chi connectivity index (χ4v) is 2.61. The van der Waals surface area contributed by atoms with Gasteiger partial charge in [0.05, 0.1) is 0 Å². The van der Waals surface area contributed by atoms with Crippen LogP contribution >= 0.6 is 12.2 Å². The van der Waals surface area contributed by atoms with Gasteiger partial charge in [-0.25, -0.2) is 0 Å². The lowest BCUT2D eigenvalue weighted by Gasteiger charge is -2.17. The van der Waals surface area contributed by atoms with Crippen molar-refractivity contribution >= 4 is 23.2 Å². The fraction of sp³-hybridized carbons (Fsp3) is 0.556. The molecule has 0 spiro atoms. The third kappa shape index (κ3) is 6.99. The number of thiocarbonyl (C=S) groups is 1. The largest absolute Gasteiger partial charge is 0.361 e. The Bertz CT molecular complexity index is 531. The van der Waals surface area contributed by atoms with E-state index >= 15 is 0 Å². The van der Waals surface area contributed by atoms with Crippen molar-refractivity contribution in [3.8, 4) is 0 Å². The zero-order chi connectivity index (χ0) is 17.2. The summed E-state index contributed by atoms with van der Waals surface area (Å²) in [6.45, 7) is 9.17. The van der Waals surface area contributed by atoms with Gasteiger partial charge in [-0.2, -0.15) is 0 Å². The van der Waals surface area contributed by atoms with Crippen molar-refractivity contribution in [2.45, 2.75) is 53.4 Å². The Morgan fingerprint density at radius 1 is 1.22 bits per heavy atom. The van der Waals surface area contributed by atoms with Gasteiger partial charge >= 0.3 is 0 Å². The second-order valence-corrected chi connectivity index (χ2v) is 6.43. The number of hydrogen-bond donors (Lipinski definition) is 3. The molecule has 1 aromatic rings. The van der Waals surface area contributed by atoms with Crippen molar-refractivity contribution < 1.29 is 4.79 Å². The lowest BCUT2D eigenvalue weighted by Crippen LogP contribution is -2.47. The number of aryl methyl sites for hydroxylation is 2. The Kier molecular flexibility index (Phi) is 8.62. The predicted octanol–water partition coefficient (Wildman–Crippen LogP) is 3.63. The van der Waals surface area contributed by atoms with E-state index in [2.05, 4.69) is 30.0 Å². The highest BCUT2D eigenvalue weighted by molar-refractivity contribution is 7.80. The lowest BCUT2D eigenvalue weighted by molar-refractivity contribution is 0.0943. The van der Waals surface area contributed by atoms with Crippen molar-refractivity contribution in [1.29, 1.82) is 0 Å². The number of nitrogens with one attached hydrogen (secondary N) is 3. The Balaban J connectivity index is 2.39. The molecule has 0 aliphatic heterocycles. The number of unbranched alkanes of at least 4 members (excludes halogenated alkanes) is 1. The van der Waals surface area contributed by atoms with E-state index < -0.39 is 0 Å². The molecule has 0 saturated heterocycles. The molecule has 0 radical (unpaired) electrons. The Hall–Kier alpha value is -1.62. The average molecular weight is 336 g/mol. The van der Waals surface area contributed by atoms with Gasteiger partial charge in [0.15, 0.2) is 5.11 Å². The summed E-state index contributed by atoms with van der Waals surface area (Å²) in [7, 11) is 0. The van der Waals surface area contributed by atoms with Crippen LogP contribution in [0.3, 0.4) is 0 Å². The van der Waals surface area contributed by atoms with Gasteiger partial charge < -0.3 is 5.32 Å². The molecule has 3 N–H and O–H groups in total. The fourth-order valence-electron chi connectivity index (χ4n) is 2.47. The number of amides is 1. The Labute approximate surface area is 145 Å². The third-order valence-corrected chi connectivity index (χ3v) is 4.26. The van der Waals surface area contributed by atoms with Crippen LogP contribution in [-0.2, 0) is 0 Å². The molecule has 0 aliphatic carbocycles. The molecule has 23 heavy (non-hydrogen) atoms. The SMILES string of the molecule is CCCC[C@H](CC)CNC(=S)NNC(=O)c1ccc(C)cc1C. The van der Waals surface area contributed by atoms with Gasteiger partial charge in [-0.05, 0) is 50.0 Å². The van der Waals surface area contributed by atoms with Crippen LogP contribution < -0.4 is 16.2 Å². The van der Waals surface area contributed by atoms with Crippen molar-refractivity contribution in [2.24, 2.45) is 5.92 Å². The highest BCUT2D eigenvalue weighted by Gasteiger charge is 2.10. The number of carbonyl (C=O) groups is 1. The van der Waals surface area contributed by atoms with Gasteiger partial charge in [-0.3, -0.25) is 15.6 Å². The number of carbonyl (C=O) groups excluding carboxylic acids is 1. The maximum Gasteiger partial charge on any atom is 0.269 e. The summed E-state index contributed by atoms with van der Waals surface area (Å²) in [6, 6.07) is 5.75. The molecular formula is C18H29N3OS. The van der Waals surface area contributed by atoms with Gasteiger partial charge in [0.2, 0.25) is 0 Å². The van der Waals surface area contributed by atoms with Gasteiger partial charge in [0.25, 0.3) is 5.91 Å². The average Bonchev–Trinajstić information content (AvgIpc) is 2.52. The van der Waals surface area contributed by atoms with Crippen LogP contribution in [0.1, 0.15) is 61.0 Å². The number of hydrazine groups is 1. The number of hydrogen-bond acceptors (Lipinski definition) is 2. The van der Waals surface area contributed by atoms with E-state index in [0.717, 1.165) is 24.1 Å². The molecule has 0 fully saturated rings. The molecule has 0 heterocycles. The quantitative estimate of drug-likeness (QED) is 0.526. The third-order valence-electron chi connectivity index (χ3n) is 4.01. The maximum atomic E-state index is 12.2. The van der Waals surface area contributed by atoms with Crippen LogP contribution in [0, 0.1) is 19.8 Å². The minimum Gasteiger partial charge on any atom is -0.361 e. The topological polar surface area (TPSA) is 53.2 Å². The van der Waals surface area contributed by atoms with E-state index in [1.54, 1.807) is 0 Å². The van der Waals surface area contributed by atoms with Crippen LogP contribution in [0.4, 0.5) is 0 Å². The molecule has 0 unspecified atom stereocenters. The maximum absolute atomic E-state index is 12.2. The molecule has 1 atom stereocenters. The van der Waals surface area contributed by atoms with Crippen molar-refractivity contribution in [2.75, 3.05) is 6.54 Å². The highest BCUT2D eigenvalue weighted by atomic mass is 32.1. The minimum absolute atomic E-state index is 0.176. The first-order chi connectivity index (χ1) is 11.0. The normalized spacial score (nSPS) is 11.7. The standard InChI is InChI=1S/C18H29N3OS/c1-5-7-8-15(6-2)12-19-18(23)21-20-17(22)16-10-9-13(3)11-14(16)4/h9-11,15H,5-8,12H2,1-4H3,(H,20,22)(H2,19,21,23)/t15-/m0/s1. The van der Waals surface area contributed by atoms with E-state index in [0.29, 0.717) is 16.6 Å². The first-order valence-electron chi connectivity index (χ1n) is 8.39. The van der Waals surface area contributed by atoms with E-state index in [9.17, 15) is 4.79 Å². The first-order valence-corrected chi connectivity index (χ1v) is 8.80. The summed E-state index contributed by atoms with van der Waals surface area (Å²) < 4.78 is 0. The molecule has 1 rings (SSSR count). The molecular weight excluding hydrogens is 306 g/mol. The highest BCUT2D eigenvalue weighted by Crippen LogP contribution is 2.11. The minimum atomic E-state index is -0.176. The van der Waals surface area contributed by atoms with Crippen molar-refractivity contribution in [3.63, 3.8) is 0 Å². The van der Waals surface area contributed by atoms with Gasteiger partial charge in [-0.15, -0.1) is 0 Å². The molecule has 0 aromatic heterocycles. The predicted molar refractivity (Wildman–Crippen MR) is 100 cm³/mol. The van der Waals surface area contributed by atoms with Crippen molar-refractivity contribution in [3.05, 3.63) is 34.9 Å². The van der Waals surface area contributed by atoms with Crippen molar-refractivity contribution in [1.82, 2.24) is 16.2 Å². The first kappa shape index (κ1) is 19.4. The van der Waals surface area contributed by atoms with E-state index in [4.69, 9.17) is 12.2 Å². The molecule has 128 valence electrons. The summed E-state index contributed by atoms with van der Waals surface area (Å²) >= 11 is 5.22. The van der Waals surface area contributed by atoms with Gasteiger partial charge in [0, 0.05) is 12.1 Å². The zero-order valence-corrected chi connectivity index (χ0v) is 15.5. The lowest BCUT2D eigenvalue weighted by atomic mass is 9.99. The molecule has 5 heteroatoms. The zero-order valence-electron chi connectivity index (χ0n) is 14.7. The molecule has 0 aliphatic rings.